The summed E-state index contributed by atoms with van der Waals surface area (Å²) in [5.41, 5.74) is 1.08. The Balaban J connectivity index is 1.85. The number of hydrogen-bond donors (Lipinski definition) is 4. The van der Waals surface area contributed by atoms with E-state index in [0.29, 0.717) is 22.8 Å². The van der Waals surface area contributed by atoms with E-state index in [0.717, 1.165) is 0 Å². The third-order valence-corrected chi connectivity index (χ3v) is 3.76. The zero-order valence-corrected chi connectivity index (χ0v) is 13.9. The molecule has 7 nitrogen and oxygen atoms in total. The molecule has 2 aromatic rings. The molecule has 1 heterocycles. The van der Waals surface area contributed by atoms with Gasteiger partial charge in [0.15, 0.2) is 0 Å². The monoisotopic (exact) mass is 346 g/mol. The zero-order valence-electron chi connectivity index (χ0n) is 13.1. The molecule has 4 amide bonds. The lowest BCUT2D eigenvalue weighted by Gasteiger charge is -2.09. The number of thiophene rings is 1. The highest BCUT2D eigenvalue weighted by molar-refractivity contribution is 7.12. The Morgan fingerprint density at radius 1 is 1.00 bits per heavy atom. The number of rotatable bonds is 6. The summed E-state index contributed by atoms with van der Waals surface area (Å²) in [4.78, 5) is 35.7. The summed E-state index contributed by atoms with van der Waals surface area (Å²) >= 11 is 1.31. The van der Waals surface area contributed by atoms with Crippen molar-refractivity contribution >= 4 is 40.6 Å². The van der Waals surface area contributed by atoms with E-state index in [9.17, 15) is 14.4 Å². The molecule has 0 radical (unpaired) electrons. The Kier molecular flexibility index (Phi) is 6.32. The molecule has 0 aliphatic rings. The number of nitrogens with one attached hydrogen (secondary N) is 4. The van der Waals surface area contributed by atoms with E-state index in [1.54, 1.807) is 41.8 Å². The van der Waals surface area contributed by atoms with Gasteiger partial charge in [0.25, 0.3) is 5.91 Å². The van der Waals surface area contributed by atoms with Crippen LogP contribution >= 0.6 is 11.3 Å². The molecule has 1 aromatic heterocycles. The normalized spacial score (nSPS) is 9.88. The molecule has 0 fully saturated rings. The fourth-order valence-corrected chi connectivity index (χ4v) is 2.51. The maximum absolute atomic E-state index is 11.9. The molecule has 0 aliphatic heterocycles. The first-order valence-electron chi connectivity index (χ1n) is 7.35. The lowest BCUT2D eigenvalue weighted by Crippen LogP contribution is -2.32. The minimum absolute atomic E-state index is 0.134. The smallest absolute Gasteiger partial charge is 0.319 e. The molecule has 2 rings (SSSR count). The molecule has 0 spiro atoms. The third-order valence-electron chi connectivity index (χ3n) is 2.90. The molecule has 0 saturated carbocycles. The van der Waals surface area contributed by atoms with Gasteiger partial charge in [-0.1, -0.05) is 12.1 Å². The predicted octanol–water partition coefficient (Wildman–Crippen LogP) is 2.26. The highest BCUT2D eigenvalue weighted by Gasteiger charge is 2.09. The van der Waals surface area contributed by atoms with Gasteiger partial charge in [0.05, 0.1) is 11.4 Å². The van der Waals surface area contributed by atoms with Gasteiger partial charge in [-0.3, -0.25) is 9.59 Å². The van der Waals surface area contributed by atoms with Crippen LogP contribution in [0.3, 0.4) is 0 Å². The first-order chi connectivity index (χ1) is 11.6. The second-order valence-electron chi connectivity index (χ2n) is 4.77. The molecule has 4 N–H and O–H groups in total. The molecule has 126 valence electrons. The molecule has 1 aromatic carbocycles. The highest BCUT2D eigenvalue weighted by atomic mass is 32.1. The van der Waals surface area contributed by atoms with Crippen LogP contribution in [0.1, 0.15) is 16.6 Å². The summed E-state index contributed by atoms with van der Waals surface area (Å²) in [7, 11) is 0. The number of carbonyl (C=O) groups excluding carboxylic acids is 3. The lowest BCUT2D eigenvalue weighted by atomic mass is 10.2. The second kappa shape index (κ2) is 8.68. The number of anilines is 2. The highest BCUT2D eigenvalue weighted by Crippen LogP contribution is 2.15. The van der Waals surface area contributed by atoms with Crippen molar-refractivity contribution in [3.63, 3.8) is 0 Å². The molecular weight excluding hydrogens is 328 g/mol. The van der Waals surface area contributed by atoms with Crippen molar-refractivity contribution in [3.05, 3.63) is 46.7 Å². The van der Waals surface area contributed by atoms with Gasteiger partial charge in [0.1, 0.15) is 0 Å². The average Bonchev–Trinajstić information content (AvgIpc) is 3.07. The maximum Gasteiger partial charge on any atom is 0.319 e. The Bertz CT molecular complexity index is 716. The first kappa shape index (κ1) is 17.5. The van der Waals surface area contributed by atoms with Gasteiger partial charge in [-0.2, -0.15) is 0 Å². The standard InChI is InChI=1S/C16H18N4O3S/c1-2-17-16(23)20-12-6-3-5-11(9-12)19-14(21)10-18-15(22)13-7-4-8-24-13/h3-9H,2,10H2,1H3,(H,18,22)(H,19,21)(H2,17,20,23). The summed E-state index contributed by atoms with van der Waals surface area (Å²) in [6.45, 7) is 2.21. The van der Waals surface area contributed by atoms with Crippen molar-refractivity contribution < 1.29 is 14.4 Å². The Hall–Kier alpha value is -2.87. The van der Waals surface area contributed by atoms with Crippen LogP contribution in [0.2, 0.25) is 0 Å². The van der Waals surface area contributed by atoms with Crippen LogP contribution in [0.15, 0.2) is 41.8 Å². The van der Waals surface area contributed by atoms with Gasteiger partial charge in [-0.25, -0.2) is 4.79 Å². The average molecular weight is 346 g/mol. The van der Waals surface area contributed by atoms with E-state index >= 15 is 0 Å². The van der Waals surface area contributed by atoms with Crippen LogP contribution in [0, 0.1) is 0 Å². The minimum atomic E-state index is -0.352. The van der Waals surface area contributed by atoms with E-state index in [4.69, 9.17) is 0 Å². The van der Waals surface area contributed by atoms with Crippen LogP contribution in [0.5, 0.6) is 0 Å². The molecule has 0 bridgehead atoms. The summed E-state index contributed by atoms with van der Waals surface area (Å²) in [6, 6.07) is 9.89. The Labute approximate surface area is 143 Å². The van der Waals surface area contributed by atoms with Crippen LogP contribution in [-0.4, -0.2) is 30.9 Å². The molecular formula is C16H18N4O3S. The summed E-state index contributed by atoms with van der Waals surface area (Å²) in [5.74, 6) is -0.637. The molecule has 0 atom stereocenters. The minimum Gasteiger partial charge on any atom is -0.342 e. The van der Waals surface area contributed by atoms with Crippen molar-refractivity contribution in [3.8, 4) is 0 Å². The van der Waals surface area contributed by atoms with Crippen molar-refractivity contribution in [2.24, 2.45) is 0 Å². The van der Waals surface area contributed by atoms with Gasteiger partial charge in [0.2, 0.25) is 5.91 Å². The second-order valence-corrected chi connectivity index (χ2v) is 5.72. The van der Waals surface area contributed by atoms with Gasteiger partial charge in [-0.15, -0.1) is 11.3 Å². The van der Waals surface area contributed by atoms with Crippen molar-refractivity contribution in [2.75, 3.05) is 23.7 Å². The topological polar surface area (TPSA) is 99.3 Å². The SMILES string of the molecule is CCNC(=O)Nc1cccc(NC(=O)CNC(=O)c2cccs2)c1. The van der Waals surface area contributed by atoms with Crippen LogP contribution in [0.25, 0.3) is 0 Å². The fourth-order valence-electron chi connectivity index (χ4n) is 1.87. The lowest BCUT2D eigenvalue weighted by molar-refractivity contribution is -0.115. The molecule has 0 aliphatic carbocycles. The van der Waals surface area contributed by atoms with Crippen LogP contribution < -0.4 is 21.3 Å². The fraction of sp³-hybridized carbons (Fsp3) is 0.188. The van der Waals surface area contributed by atoms with Crippen molar-refractivity contribution in [1.29, 1.82) is 0 Å². The molecule has 8 heteroatoms. The molecule has 24 heavy (non-hydrogen) atoms. The van der Waals surface area contributed by atoms with Crippen LogP contribution in [-0.2, 0) is 4.79 Å². The van der Waals surface area contributed by atoms with E-state index in [1.165, 1.54) is 11.3 Å². The predicted molar refractivity (Wildman–Crippen MR) is 94.4 cm³/mol. The molecule has 0 saturated heterocycles. The summed E-state index contributed by atoms with van der Waals surface area (Å²) in [5, 5.41) is 12.3. The molecule has 0 unspecified atom stereocenters. The summed E-state index contributed by atoms with van der Waals surface area (Å²) in [6.07, 6.45) is 0. The number of urea groups is 1. The number of amides is 4. The number of carbonyl (C=O) groups is 3. The van der Waals surface area contributed by atoms with Crippen LogP contribution in [0.4, 0.5) is 16.2 Å². The third kappa shape index (κ3) is 5.40. The van der Waals surface area contributed by atoms with Crippen molar-refractivity contribution in [2.45, 2.75) is 6.92 Å². The quantitative estimate of drug-likeness (QED) is 0.645. The number of hydrogen-bond acceptors (Lipinski definition) is 4. The Morgan fingerprint density at radius 3 is 2.42 bits per heavy atom. The largest absolute Gasteiger partial charge is 0.342 e. The zero-order chi connectivity index (χ0) is 17.4. The van der Waals surface area contributed by atoms with Gasteiger partial charge < -0.3 is 21.3 Å². The summed E-state index contributed by atoms with van der Waals surface area (Å²) < 4.78 is 0. The van der Waals surface area contributed by atoms with E-state index in [2.05, 4.69) is 21.3 Å². The Morgan fingerprint density at radius 2 is 1.75 bits per heavy atom. The van der Waals surface area contributed by atoms with E-state index in [-0.39, 0.29) is 24.4 Å². The first-order valence-corrected chi connectivity index (χ1v) is 8.23. The number of benzene rings is 1. The van der Waals surface area contributed by atoms with Gasteiger partial charge >= 0.3 is 6.03 Å². The van der Waals surface area contributed by atoms with Crippen molar-refractivity contribution in [1.82, 2.24) is 10.6 Å². The van der Waals surface area contributed by atoms with E-state index < -0.39 is 0 Å². The van der Waals surface area contributed by atoms with E-state index in [1.807, 2.05) is 6.92 Å². The van der Waals surface area contributed by atoms with Gasteiger partial charge in [-0.05, 0) is 36.6 Å². The van der Waals surface area contributed by atoms with Gasteiger partial charge in [0, 0.05) is 17.9 Å². The maximum atomic E-state index is 11.9.